The first kappa shape index (κ1) is 13.6. The van der Waals surface area contributed by atoms with Gasteiger partial charge in [0.1, 0.15) is 5.82 Å². The van der Waals surface area contributed by atoms with Crippen molar-refractivity contribution >= 4 is 16.8 Å². The summed E-state index contributed by atoms with van der Waals surface area (Å²) in [4.78, 5) is 15.2. The van der Waals surface area contributed by atoms with Crippen molar-refractivity contribution in [3.63, 3.8) is 0 Å². The van der Waals surface area contributed by atoms with Crippen LogP contribution in [0.15, 0.2) is 18.2 Å². The van der Waals surface area contributed by atoms with Crippen LogP contribution in [-0.4, -0.2) is 17.4 Å². The van der Waals surface area contributed by atoms with Gasteiger partial charge < -0.3 is 10.3 Å². The zero-order valence-electron chi connectivity index (χ0n) is 11.5. The second kappa shape index (κ2) is 5.43. The molecule has 3 nitrogen and oxygen atoms in total. The average molecular weight is 262 g/mol. The highest BCUT2D eigenvalue weighted by molar-refractivity contribution is 6.08. The van der Waals surface area contributed by atoms with Gasteiger partial charge in [0.05, 0.1) is 5.56 Å². The molecule has 0 unspecified atom stereocenters. The number of nitrogens with one attached hydrogen (secondary N) is 2. The molecule has 19 heavy (non-hydrogen) atoms. The lowest BCUT2D eigenvalue weighted by Crippen LogP contribution is -2.25. The van der Waals surface area contributed by atoms with Crippen molar-refractivity contribution in [1.29, 1.82) is 0 Å². The fraction of sp³-hybridized carbons (Fsp3) is 0.400. The van der Waals surface area contributed by atoms with Crippen molar-refractivity contribution in [2.45, 2.75) is 27.2 Å². The molecule has 0 atom stereocenters. The van der Waals surface area contributed by atoms with Gasteiger partial charge in [-0.25, -0.2) is 4.39 Å². The molecule has 2 aromatic rings. The maximum atomic E-state index is 13.1. The highest BCUT2D eigenvalue weighted by Gasteiger charge is 2.15. The fourth-order valence-corrected chi connectivity index (χ4v) is 2.16. The predicted octanol–water partition coefficient (Wildman–Crippen LogP) is 3.39. The minimum atomic E-state index is -0.305. The summed E-state index contributed by atoms with van der Waals surface area (Å²) >= 11 is 0. The zero-order chi connectivity index (χ0) is 14.0. The van der Waals surface area contributed by atoms with Crippen LogP contribution >= 0.6 is 0 Å². The molecule has 4 heteroatoms. The number of aromatic amines is 1. The van der Waals surface area contributed by atoms with Crippen molar-refractivity contribution in [3.05, 3.63) is 35.3 Å². The number of aryl methyl sites for hydroxylation is 1. The Balaban J connectivity index is 2.24. The lowest BCUT2D eigenvalue weighted by atomic mass is 10.1. The number of hydrogen-bond donors (Lipinski definition) is 2. The molecule has 1 amide bonds. The number of benzene rings is 1. The summed E-state index contributed by atoms with van der Waals surface area (Å²) in [5.41, 5.74) is 2.04. The summed E-state index contributed by atoms with van der Waals surface area (Å²) in [5, 5.41) is 3.68. The molecule has 1 heterocycles. The summed E-state index contributed by atoms with van der Waals surface area (Å²) in [6.45, 7) is 6.72. The van der Waals surface area contributed by atoms with Gasteiger partial charge >= 0.3 is 0 Å². The maximum absolute atomic E-state index is 13.1. The first-order chi connectivity index (χ1) is 8.99. The SMILES string of the molecule is Cc1[nH]c2cc(F)ccc2c1C(=O)NCCC(C)C. The van der Waals surface area contributed by atoms with Crippen molar-refractivity contribution < 1.29 is 9.18 Å². The molecule has 2 rings (SSSR count). The molecule has 0 radical (unpaired) electrons. The van der Waals surface area contributed by atoms with Crippen LogP contribution in [0.25, 0.3) is 10.9 Å². The topological polar surface area (TPSA) is 44.9 Å². The number of carbonyl (C=O) groups is 1. The standard InChI is InChI=1S/C15H19FN2O/c1-9(2)6-7-17-15(19)14-10(3)18-13-8-11(16)4-5-12(13)14/h4-5,8-9,18H,6-7H2,1-3H3,(H,17,19). The quantitative estimate of drug-likeness (QED) is 0.871. The molecule has 0 spiro atoms. The largest absolute Gasteiger partial charge is 0.358 e. The van der Waals surface area contributed by atoms with Crippen LogP contribution in [0.5, 0.6) is 0 Å². The Morgan fingerprint density at radius 1 is 1.42 bits per heavy atom. The van der Waals surface area contributed by atoms with Crippen molar-refractivity contribution in [2.24, 2.45) is 5.92 Å². The van der Waals surface area contributed by atoms with Gasteiger partial charge in [0.15, 0.2) is 0 Å². The second-order valence-electron chi connectivity index (χ2n) is 5.25. The van der Waals surface area contributed by atoms with E-state index in [1.807, 2.05) is 6.92 Å². The summed E-state index contributed by atoms with van der Waals surface area (Å²) < 4.78 is 13.1. The summed E-state index contributed by atoms with van der Waals surface area (Å²) in [7, 11) is 0. The number of fused-ring (bicyclic) bond motifs is 1. The Morgan fingerprint density at radius 2 is 2.16 bits per heavy atom. The zero-order valence-corrected chi connectivity index (χ0v) is 11.5. The molecule has 0 aliphatic carbocycles. The molecule has 1 aromatic carbocycles. The van der Waals surface area contributed by atoms with Crippen molar-refractivity contribution in [3.8, 4) is 0 Å². The van der Waals surface area contributed by atoms with E-state index in [4.69, 9.17) is 0 Å². The number of aromatic nitrogens is 1. The van der Waals surface area contributed by atoms with Gasteiger partial charge in [0, 0.05) is 23.1 Å². The molecule has 2 N–H and O–H groups in total. The second-order valence-corrected chi connectivity index (χ2v) is 5.25. The Bertz CT molecular complexity index is 601. The van der Waals surface area contributed by atoms with E-state index in [-0.39, 0.29) is 11.7 Å². The highest BCUT2D eigenvalue weighted by Crippen LogP contribution is 2.22. The lowest BCUT2D eigenvalue weighted by Gasteiger charge is -2.07. The number of rotatable bonds is 4. The number of carbonyl (C=O) groups excluding carboxylic acids is 1. The maximum Gasteiger partial charge on any atom is 0.253 e. The van der Waals surface area contributed by atoms with Gasteiger partial charge in [-0.3, -0.25) is 4.79 Å². The Kier molecular flexibility index (Phi) is 3.88. The summed E-state index contributed by atoms with van der Waals surface area (Å²) in [5.74, 6) is 0.148. The third-order valence-electron chi connectivity index (χ3n) is 3.18. The van der Waals surface area contributed by atoms with Crippen LogP contribution < -0.4 is 5.32 Å². The van der Waals surface area contributed by atoms with Crippen LogP contribution in [0.2, 0.25) is 0 Å². The number of amides is 1. The molecule has 0 fully saturated rings. The van der Waals surface area contributed by atoms with Crippen molar-refractivity contribution in [2.75, 3.05) is 6.54 Å². The number of halogens is 1. The van der Waals surface area contributed by atoms with E-state index < -0.39 is 0 Å². The minimum absolute atomic E-state index is 0.101. The van der Waals surface area contributed by atoms with E-state index in [0.717, 1.165) is 17.5 Å². The first-order valence-electron chi connectivity index (χ1n) is 6.55. The van der Waals surface area contributed by atoms with E-state index in [9.17, 15) is 9.18 Å². The Morgan fingerprint density at radius 3 is 2.84 bits per heavy atom. The average Bonchev–Trinajstić information content (AvgIpc) is 2.63. The van der Waals surface area contributed by atoms with Gasteiger partial charge in [-0.05, 0) is 37.5 Å². The van der Waals surface area contributed by atoms with Crippen LogP contribution in [0.1, 0.15) is 36.3 Å². The van der Waals surface area contributed by atoms with Gasteiger partial charge in [0.25, 0.3) is 5.91 Å². The summed E-state index contributed by atoms with van der Waals surface area (Å²) in [6, 6.07) is 4.43. The van der Waals surface area contributed by atoms with Gasteiger partial charge in [0.2, 0.25) is 0 Å². The van der Waals surface area contributed by atoms with E-state index >= 15 is 0 Å². The molecule has 102 valence electrons. The monoisotopic (exact) mass is 262 g/mol. The van der Waals surface area contributed by atoms with E-state index in [2.05, 4.69) is 24.1 Å². The molecule has 0 aliphatic rings. The minimum Gasteiger partial charge on any atom is -0.358 e. The van der Waals surface area contributed by atoms with Crippen LogP contribution in [0.4, 0.5) is 4.39 Å². The molecule has 0 bridgehead atoms. The van der Waals surface area contributed by atoms with E-state index in [1.54, 1.807) is 6.07 Å². The molecule has 0 saturated carbocycles. The van der Waals surface area contributed by atoms with Crippen molar-refractivity contribution in [1.82, 2.24) is 10.3 Å². The molecule has 0 aliphatic heterocycles. The first-order valence-corrected chi connectivity index (χ1v) is 6.55. The molecule has 0 saturated heterocycles. The third-order valence-corrected chi connectivity index (χ3v) is 3.18. The Labute approximate surface area is 112 Å². The Hall–Kier alpha value is -1.84. The van der Waals surface area contributed by atoms with E-state index in [1.165, 1.54) is 12.1 Å². The van der Waals surface area contributed by atoms with Gasteiger partial charge in [-0.1, -0.05) is 13.8 Å². The smallest absolute Gasteiger partial charge is 0.253 e. The number of H-pyrrole nitrogens is 1. The molecular weight excluding hydrogens is 243 g/mol. The van der Waals surface area contributed by atoms with E-state index in [0.29, 0.717) is 23.5 Å². The van der Waals surface area contributed by atoms with Crippen LogP contribution in [0.3, 0.4) is 0 Å². The van der Waals surface area contributed by atoms with Crippen LogP contribution in [-0.2, 0) is 0 Å². The normalized spacial score (nSPS) is 11.2. The third kappa shape index (κ3) is 2.95. The summed E-state index contributed by atoms with van der Waals surface area (Å²) in [6.07, 6.45) is 0.946. The number of hydrogen-bond acceptors (Lipinski definition) is 1. The van der Waals surface area contributed by atoms with Gasteiger partial charge in [-0.2, -0.15) is 0 Å². The predicted molar refractivity (Wildman–Crippen MR) is 74.8 cm³/mol. The van der Waals surface area contributed by atoms with Gasteiger partial charge in [-0.15, -0.1) is 0 Å². The highest BCUT2D eigenvalue weighted by atomic mass is 19.1. The van der Waals surface area contributed by atoms with Crippen LogP contribution in [0, 0.1) is 18.7 Å². The lowest BCUT2D eigenvalue weighted by molar-refractivity contribution is 0.0953. The molecule has 1 aromatic heterocycles. The molecular formula is C15H19FN2O. The fourth-order valence-electron chi connectivity index (χ4n) is 2.16.